The van der Waals surface area contributed by atoms with Gasteiger partial charge in [-0.3, -0.25) is 4.98 Å². The molecule has 0 saturated carbocycles. The molecule has 0 saturated heterocycles. The number of pyridine rings is 1. The molecular weight excluding hydrogens is 314 g/mol. The maximum Gasteiger partial charge on any atom is 0.0783 e. The van der Waals surface area contributed by atoms with Gasteiger partial charge in [0.05, 0.1) is 5.69 Å². The van der Waals surface area contributed by atoms with Crippen molar-refractivity contribution in [3.05, 3.63) is 64.8 Å². The fourth-order valence-electron chi connectivity index (χ4n) is 3.99. The third-order valence-electron chi connectivity index (χ3n) is 4.87. The van der Waals surface area contributed by atoms with Crippen LogP contribution in [0.5, 0.6) is 0 Å². The summed E-state index contributed by atoms with van der Waals surface area (Å²) < 4.78 is 0. The van der Waals surface area contributed by atoms with Gasteiger partial charge >= 0.3 is 0 Å². The van der Waals surface area contributed by atoms with E-state index in [1.807, 2.05) is 6.20 Å². The van der Waals surface area contributed by atoms with Gasteiger partial charge in [0, 0.05) is 17.1 Å². The minimum atomic E-state index is 0.624. The van der Waals surface area contributed by atoms with E-state index in [9.17, 15) is 0 Å². The van der Waals surface area contributed by atoms with Crippen LogP contribution in [-0.4, -0.2) is 4.98 Å². The van der Waals surface area contributed by atoms with Gasteiger partial charge < -0.3 is 0 Å². The highest BCUT2D eigenvalue weighted by atomic mass is 14.7. The Morgan fingerprint density at radius 2 is 1.46 bits per heavy atom. The summed E-state index contributed by atoms with van der Waals surface area (Å²) in [5.74, 6) is 1.28. The van der Waals surface area contributed by atoms with Gasteiger partial charge in [0.25, 0.3) is 0 Å². The summed E-state index contributed by atoms with van der Waals surface area (Å²) in [5, 5.41) is 2.65. The quantitative estimate of drug-likeness (QED) is 0.489. The fourth-order valence-corrected chi connectivity index (χ4v) is 3.99. The number of aryl methyl sites for hydroxylation is 2. The van der Waals surface area contributed by atoms with Crippen LogP contribution >= 0.6 is 0 Å². The summed E-state index contributed by atoms with van der Waals surface area (Å²) in [5.41, 5.74) is 7.94. The van der Waals surface area contributed by atoms with Crippen LogP contribution in [0.3, 0.4) is 0 Å². The van der Waals surface area contributed by atoms with Crippen molar-refractivity contribution in [1.29, 1.82) is 0 Å². The minimum absolute atomic E-state index is 0.624. The van der Waals surface area contributed by atoms with E-state index in [1.165, 1.54) is 38.6 Å². The van der Waals surface area contributed by atoms with Crippen LogP contribution in [0, 0.1) is 25.7 Å². The van der Waals surface area contributed by atoms with Gasteiger partial charge in [-0.25, -0.2) is 0 Å². The second kappa shape index (κ2) is 7.61. The third kappa shape index (κ3) is 3.98. The largest absolute Gasteiger partial charge is 0.256 e. The molecule has 0 amide bonds. The highest BCUT2D eigenvalue weighted by Crippen LogP contribution is 2.34. The van der Waals surface area contributed by atoms with Gasteiger partial charge in [-0.1, -0.05) is 57.0 Å². The number of hydrogen-bond donors (Lipinski definition) is 0. The first-order valence-corrected chi connectivity index (χ1v) is 9.83. The summed E-state index contributed by atoms with van der Waals surface area (Å²) in [7, 11) is 0. The Morgan fingerprint density at radius 1 is 0.808 bits per heavy atom. The molecule has 1 nitrogen and oxygen atoms in total. The zero-order valence-corrected chi connectivity index (χ0v) is 17.1. The molecule has 0 radical (unpaired) electrons. The van der Waals surface area contributed by atoms with Gasteiger partial charge in [-0.15, -0.1) is 0 Å². The molecule has 2 aromatic carbocycles. The van der Waals surface area contributed by atoms with E-state index in [4.69, 9.17) is 4.98 Å². The molecule has 0 spiro atoms. The van der Waals surface area contributed by atoms with Crippen molar-refractivity contribution in [3.8, 4) is 11.3 Å². The maximum absolute atomic E-state index is 4.85. The molecule has 0 aliphatic heterocycles. The van der Waals surface area contributed by atoms with Crippen molar-refractivity contribution in [1.82, 2.24) is 4.98 Å². The predicted molar refractivity (Wildman–Crippen MR) is 114 cm³/mol. The molecule has 1 heterocycles. The number of rotatable bonds is 5. The third-order valence-corrected chi connectivity index (χ3v) is 4.87. The molecule has 0 fully saturated rings. The van der Waals surface area contributed by atoms with Gasteiger partial charge in [0.15, 0.2) is 0 Å². The Morgan fingerprint density at radius 3 is 2.08 bits per heavy atom. The van der Waals surface area contributed by atoms with Crippen LogP contribution in [0.15, 0.2) is 42.6 Å². The Labute approximate surface area is 158 Å². The summed E-state index contributed by atoms with van der Waals surface area (Å²) in [6.07, 6.45) is 4.18. The first-order valence-electron chi connectivity index (χ1n) is 9.83. The molecule has 1 aromatic heterocycles. The lowest BCUT2D eigenvalue weighted by Gasteiger charge is -2.19. The van der Waals surface area contributed by atoms with Crippen molar-refractivity contribution in [3.63, 3.8) is 0 Å². The monoisotopic (exact) mass is 345 g/mol. The lowest BCUT2D eigenvalue weighted by Crippen LogP contribution is -2.05. The second-order valence-corrected chi connectivity index (χ2v) is 8.53. The average molecular weight is 346 g/mol. The fraction of sp³-hybridized carbons (Fsp3) is 0.400. The molecule has 3 aromatic rings. The minimum Gasteiger partial charge on any atom is -0.256 e. The smallest absolute Gasteiger partial charge is 0.0783 e. The maximum atomic E-state index is 4.85. The number of fused-ring (bicyclic) bond motifs is 1. The van der Waals surface area contributed by atoms with E-state index in [-0.39, 0.29) is 0 Å². The Kier molecular flexibility index (Phi) is 5.46. The number of aromatic nitrogens is 1. The number of nitrogens with zero attached hydrogens (tertiary/aromatic N) is 1. The Hall–Kier alpha value is -2.15. The first-order chi connectivity index (χ1) is 12.3. The molecule has 26 heavy (non-hydrogen) atoms. The van der Waals surface area contributed by atoms with Gasteiger partial charge in [0.2, 0.25) is 0 Å². The van der Waals surface area contributed by atoms with Crippen LogP contribution in [-0.2, 0) is 12.8 Å². The summed E-state index contributed by atoms with van der Waals surface area (Å²) in [4.78, 5) is 4.85. The van der Waals surface area contributed by atoms with Gasteiger partial charge in [-0.05, 0) is 73.2 Å². The predicted octanol–water partition coefficient (Wildman–Crippen LogP) is 6.92. The zero-order valence-electron chi connectivity index (χ0n) is 17.1. The summed E-state index contributed by atoms with van der Waals surface area (Å²) >= 11 is 0. The van der Waals surface area contributed by atoms with Crippen molar-refractivity contribution in [2.75, 3.05) is 0 Å². The Bertz CT molecular complexity index is 899. The van der Waals surface area contributed by atoms with Gasteiger partial charge in [-0.2, -0.15) is 0 Å². The van der Waals surface area contributed by atoms with E-state index in [0.29, 0.717) is 11.8 Å². The molecule has 3 rings (SSSR count). The van der Waals surface area contributed by atoms with Gasteiger partial charge in [0.1, 0.15) is 0 Å². The van der Waals surface area contributed by atoms with Crippen LogP contribution in [0.25, 0.3) is 22.0 Å². The van der Waals surface area contributed by atoms with Crippen molar-refractivity contribution in [2.24, 2.45) is 11.8 Å². The molecular formula is C25H31N. The van der Waals surface area contributed by atoms with E-state index in [1.54, 1.807) is 0 Å². The standard InChI is InChI=1S/C25H31N/c1-16(2)11-21-8-7-20-9-10-26-25(24(20)23(21)12-17(3)4)22-14-18(5)13-19(6)15-22/h7-10,13-17H,11-12H2,1-6H3. The van der Waals surface area contributed by atoms with Crippen LogP contribution in [0.2, 0.25) is 0 Å². The number of hydrogen-bond acceptors (Lipinski definition) is 1. The molecule has 0 N–H and O–H groups in total. The Balaban J connectivity index is 2.32. The first kappa shape index (κ1) is 18.6. The summed E-state index contributed by atoms with van der Waals surface area (Å²) in [6.45, 7) is 13.6. The van der Waals surface area contributed by atoms with E-state index < -0.39 is 0 Å². The summed E-state index contributed by atoms with van der Waals surface area (Å²) in [6, 6.07) is 13.5. The number of benzene rings is 2. The average Bonchev–Trinajstić information content (AvgIpc) is 2.54. The second-order valence-electron chi connectivity index (χ2n) is 8.53. The van der Waals surface area contributed by atoms with Crippen LogP contribution in [0.4, 0.5) is 0 Å². The van der Waals surface area contributed by atoms with E-state index >= 15 is 0 Å². The van der Waals surface area contributed by atoms with E-state index in [0.717, 1.165) is 18.5 Å². The molecule has 136 valence electrons. The molecule has 0 atom stereocenters. The molecule has 0 bridgehead atoms. The SMILES string of the molecule is Cc1cc(C)cc(-c2nccc3ccc(CC(C)C)c(CC(C)C)c23)c1. The zero-order chi connectivity index (χ0) is 18.8. The molecule has 0 aliphatic rings. The van der Waals surface area contributed by atoms with Crippen LogP contribution < -0.4 is 0 Å². The topological polar surface area (TPSA) is 12.9 Å². The molecule has 1 heteroatoms. The van der Waals surface area contributed by atoms with Crippen molar-refractivity contribution in [2.45, 2.75) is 54.4 Å². The van der Waals surface area contributed by atoms with Crippen LogP contribution in [0.1, 0.15) is 49.9 Å². The molecule has 0 unspecified atom stereocenters. The van der Waals surface area contributed by atoms with Crippen molar-refractivity contribution >= 4 is 10.8 Å². The van der Waals surface area contributed by atoms with Crippen molar-refractivity contribution < 1.29 is 0 Å². The lowest BCUT2D eigenvalue weighted by molar-refractivity contribution is 0.618. The highest BCUT2D eigenvalue weighted by Gasteiger charge is 2.16. The highest BCUT2D eigenvalue weighted by molar-refractivity contribution is 5.98. The normalized spacial score (nSPS) is 11.7. The molecule has 0 aliphatic carbocycles. The lowest BCUT2D eigenvalue weighted by atomic mass is 9.87. The van der Waals surface area contributed by atoms with E-state index in [2.05, 4.69) is 77.9 Å².